The van der Waals surface area contributed by atoms with E-state index in [0.29, 0.717) is 23.6 Å². The third-order valence-corrected chi connectivity index (χ3v) is 7.85. The number of carbonyl (C=O) groups excluding carboxylic acids is 1. The first-order valence-corrected chi connectivity index (χ1v) is 13.0. The maximum absolute atomic E-state index is 12.7. The minimum absolute atomic E-state index is 0.0746. The van der Waals surface area contributed by atoms with Crippen molar-refractivity contribution in [2.75, 3.05) is 29.9 Å². The van der Waals surface area contributed by atoms with Crippen LogP contribution in [0.3, 0.4) is 0 Å². The number of rotatable bonds is 5. The van der Waals surface area contributed by atoms with E-state index in [9.17, 15) is 4.79 Å². The molecule has 3 aromatic rings. The second-order valence-corrected chi connectivity index (χ2v) is 10.1. The van der Waals surface area contributed by atoms with E-state index < -0.39 is 0 Å². The predicted molar refractivity (Wildman–Crippen MR) is 143 cm³/mol. The van der Waals surface area contributed by atoms with E-state index in [0.717, 1.165) is 30.9 Å². The van der Waals surface area contributed by atoms with Crippen LogP contribution in [-0.4, -0.2) is 47.5 Å². The average Bonchev–Trinajstić information content (AvgIpc) is 2.90. The van der Waals surface area contributed by atoms with Crippen molar-refractivity contribution in [3.8, 4) is 0 Å². The zero-order chi connectivity index (χ0) is 24.2. The first-order valence-electron chi connectivity index (χ1n) is 13.0. The fraction of sp³-hybridized carbons (Fsp3) is 0.400. The number of amides is 1. The largest absolute Gasteiger partial charge is 0.369 e. The summed E-state index contributed by atoms with van der Waals surface area (Å²) in [6.07, 6.45) is 8.29. The summed E-state index contributed by atoms with van der Waals surface area (Å²) in [7, 11) is 0. The Kier molecular flexibility index (Phi) is 7.14. The molecule has 2 aliphatic rings. The van der Waals surface area contributed by atoms with Crippen LogP contribution in [0, 0.1) is 6.92 Å². The summed E-state index contributed by atoms with van der Waals surface area (Å²) in [4.78, 5) is 22.1. The molecule has 1 aliphatic carbocycles. The molecule has 1 saturated heterocycles. The zero-order valence-electron chi connectivity index (χ0n) is 20.9. The van der Waals surface area contributed by atoms with Crippen molar-refractivity contribution < 1.29 is 4.79 Å². The molecule has 2 heterocycles. The van der Waals surface area contributed by atoms with E-state index in [1.54, 1.807) is 18.5 Å². The third-order valence-electron chi connectivity index (χ3n) is 7.85. The van der Waals surface area contributed by atoms with Crippen molar-refractivity contribution in [2.45, 2.75) is 57.5 Å². The zero-order valence-corrected chi connectivity index (χ0v) is 20.9. The molecule has 1 aromatic heterocycles. The number of piperazine rings is 1. The normalized spacial score (nSPS) is 23.1. The fourth-order valence-electron chi connectivity index (χ4n) is 5.93. The van der Waals surface area contributed by atoms with Gasteiger partial charge in [0.25, 0.3) is 5.91 Å². The van der Waals surface area contributed by atoms with Crippen LogP contribution in [-0.2, 0) is 0 Å². The van der Waals surface area contributed by atoms with Gasteiger partial charge in [-0.15, -0.1) is 0 Å². The van der Waals surface area contributed by atoms with Gasteiger partial charge in [-0.05, 0) is 86.9 Å². The van der Waals surface area contributed by atoms with Gasteiger partial charge in [0.2, 0.25) is 0 Å². The Labute approximate surface area is 209 Å². The summed E-state index contributed by atoms with van der Waals surface area (Å²) in [5.74, 6) is 0.487. The van der Waals surface area contributed by atoms with E-state index >= 15 is 0 Å². The molecule has 5 heteroatoms. The number of anilines is 2. The summed E-state index contributed by atoms with van der Waals surface area (Å²) in [5.41, 5.74) is 5.12. The molecule has 1 aliphatic heterocycles. The molecule has 5 rings (SSSR count). The summed E-state index contributed by atoms with van der Waals surface area (Å²) in [6, 6.07) is 22.3. The van der Waals surface area contributed by atoms with Crippen molar-refractivity contribution >= 4 is 17.3 Å². The smallest absolute Gasteiger partial charge is 0.256 e. The van der Waals surface area contributed by atoms with Gasteiger partial charge >= 0.3 is 0 Å². The highest BCUT2D eigenvalue weighted by Gasteiger charge is 2.32. The van der Waals surface area contributed by atoms with Crippen LogP contribution < -0.4 is 10.2 Å². The average molecular weight is 469 g/mol. The Balaban J connectivity index is 1.16. The monoisotopic (exact) mass is 468 g/mol. The van der Waals surface area contributed by atoms with Crippen LogP contribution >= 0.6 is 0 Å². The van der Waals surface area contributed by atoms with Crippen LogP contribution in [0.1, 0.15) is 60.0 Å². The van der Waals surface area contributed by atoms with Crippen molar-refractivity contribution in [1.29, 1.82) is 0 Å². The molecule has 1 atom stereocenters. The van der Waals surface area contributed by atoms with Gasteiger partial charge in [0.05, 0.1) is 0 Å². The molecular weight excluding hydrogens is 432 g/mol. The van der Waals surface area contributed by atoms with Gasteiger partial charge in [-0.1, -0.05) is 30.3 Å². The van der Waals surface area contributed by atoms with Crippen LogP contribution in [0.25, 0.3) is 0 Å². The lowest BCUT2D eigenvalue weighted by molar-refractivity contribution is 0.0965. The lowest BCUT2D eigenvalue weighted by Gasteiger charge is -2.46. The molecule has 0 radical (unpaired) electrons. The number of nitrogens with one attached hydrogen (secondary N) is 1. The number of aryl methyl sites for hydroxylation is 1. The molecule has 182 valence electrons. The van der Waals surface area contributed by atoms with Crippen molar-refractivity contribution in [3.05, 3.63) is 89.7 Å². The third kappa shape index (κ3) is 5.40. The Hall–Kier alpha value is -3.18. The molecule has 1 unspecified atom stereocenters. The van der Waals surface area contributed by atoms with Gasteiger partial charge in [0.1, 0.15) is 0 Å². The number of hydrogen-bond acceptors (Lipinski definition) is 4. The van der Waals surface area contributed by atoms with Gasteiger partial charge in [-0.25, -0.2) is 0 Å². The Morgan fingerprint density at radius 1 is 0.971 bits per heavy atom. The molecule has 2 fully saturated rings. The molecule has 2 aromatic carbocycles. The highest BCUT2D eigenvalue weighted by atomic mass is 16.1. The molecule has 1 saturated carbocycles. The van der Waals surface area contributed by atoms with Crippen molar-refractivity contribution in [2.24, 2.45) is 0 Å². The quantitative estimate of drug-likeness (QED) is 0.508. The molecule has 0 spiro atoms. The number of nitrogens with zero attached hydrogens (tertiary/aromatic N) is 3. The minimum Gasteiger partial charge on any atom is -0.369 e. The maximum atomic E-state index is 12.7. The van der Waals surface area contributed by atoms with Crippen LogP contribution in [0.5, 0.6) is 0 Å². The number of hydrogen-bond donors (Lipinski definition) is 1. The maximum Gasteiger partial charge on any atom is 0.256 e. The van der Waals surface area contributed by atoms with Gasteiger partial charge in [-0.2, -0.15) is 0 Å². The van der Waals surface area contributed by atoms with Gasteiger partial charge < -0.3 is 10.2 Å². The highest BCUT2D eigenvalue weighted by Crippen LogP contribution is 2.37. The standard InChI is InChI=1S/C30H36N4O/c1-22-20-31-16-15-29(22)30(35)32-26-8-6-7-25(19-26)24-11-13-28(14-12-24)34-18-17-33(21-23(34)2)27-9-4-3-5-10-27/h3-10,15-16,19-20,23-24,28H,11-14,17-18,21H2,1-2H3,(H,32,35). The second-order valence-electron chi connectivity index (χ2n) is 10.1. The van der Waals surface area contributed by atoms with Gasteiger partial charge in [0.15, 0.2) is 0 Å². The lowest BCUT2D eigenvalue weighted by atomic mass is 9.80. The molecule has 35 heavy (non-hydrogen) atoms. The first-order chi connectivity index (χ1) is 17.1. The Morgan fingerprint density at radius 2 is 1.77 bits per heavy atom. The Morgan fingerprint density at radius 3 is 2.51 bits per heavy atom. The van der Waals surface area contributed by atoms with Crippen molar-refractivity contribution in [3.63, 3.8) is 0 Å². The lowest BCUT2D eigenvalue weighted by Crippen LogP contribution is -2.56. The summed E-state index contributed by atoms with van der Waals surface area (Å²) in [5, 5.41) is 3.08. The SMILES string of the molecule is Cc1cnccc1C(=O)Nc1cccc(C2CCC(N3CCN(c4ccccc4)CC3C)CC2)c1. The van der Waals surface area contributed by atoms with Crippen molar-refractivity contribution in [1.82, 2.24) is 9.88 Å². The minimum atomic E-state index is -0.0746. The molecule has 1 amide bonds. The second kappa shape index (κ2) is 10.6. The number of pyridine rings is 1. The van der Waals surface area contributed by atoms with E-state index in [1.807, 2.05) is 13.0 Å². The van der Waals surface area contributed by atoms with E-state index in [-0.39, 0.29) is 5.91 Å². The van der Waals surface area contributed by atoms with Crippen LogP contribution in [0.4, 0.5) is 11.4 Å². The summed E-state index contributed by atoms with van der Waals surface area (Å²) >= 11 is 0. The van der Waals surface area contributed by atoms with Crippen LogP contribution in [0.15, 0.2) is 73.1 Å². The van der Waals surface area contributed by atoms with E-state index in [2.05, 4.69) is 75.6 Å². The summed E-state index contributed by atoms with van der Waals surface area (Å²) in [6.45, 7) is 7.65. The molecular formula is C30H36N4O. The van der Waals surface area contributed by atoms with Crippen LogP contribution in [0.2, 0.25) is 0 Å². The predicted octanol–water partition coefficient (Wildman–Crippen LogP) is 5.88. The van der Waals surface area contributed by atoms with Gasteiger partial charge in [0, 0.05) is 61.0 Å². The van der Waals surface area contributed by atoms with E-state index in [4.69, 9.17) is 0 Å². The topological polar surface area (TPSA) is 48.5 Å². The molecule has 0 bridgehead atoms. The number of benzene rings is 2. The van der Waals surface area contributed by atoms with Gasteiger partial charge in [-0.3, -0.25) is 14.7 Å². The number of para-hydroxylation sites is 1. The number of aromatic nitrogens is 1. The fourth-order valence-corrected chi connectivity index (χ4v) is 5.93. The summed E-state index contributed by atoms with van der Waals surface area (Å²) < 4.78 is 0. The Bertz CT molecular complexity index is 1140. The number of carbonyl (C=O) groups is 1. The van der Waals surface area contributed by atoms with E-state index in [1.165, 1.54) is 36.9 Å². The highest BCUT2D eigenvalue weighted by molar-refractivity contribution is 6.05. The first kappa shape index (κ1) is 23.6. The molecule has 1 N–H and O–H groups in total. The molecule has 5 nitrogen and oxygen atoms in total.